The molecule has 3 aromatic rings. The minimum Gasteiger partial charge on any atom is -0.506 e. The number of rotatable bonds is 5. The highest BCUT2D eigenvalue weighted by atomic mass is 35.5. The van der Waals surface area contributed by atoms with E-state index < -0.39 is 38.9 Å². The topological polar surface area (TPSA) is 95.5 Å². The third-order valence-electron chi connectivity index (χ3n) is 3.78. The Morgan fingerprint density at radius 2 is 1.76 bits per heavy atom. The molecule has 29 heavy (non-hydrogen) atoms. The molecule has 3 N–H and O–H groups in total. The van der Waals surface area contributed by atoms with E-state index in [0.717, 1.165) is 30.3 Å². The van der Waals surface area contributed by atoms with Gasteiger partial charge in [0.1, 0.15) is 17.4 Å². The predicted octanol–water partition coefficient (Wildman–Crippen LogP) is 4.38. The molecule has 6 nitrogen and oxygen atoms in total. The fourth-order valence-corrected chi connectivity index (χ4v) is 3.68. The van der Waals surface area contributed by atoms with E-state index in [1.54, 1.807) is 12.1 Å². The summed E-state index contributed by atoms with van der Waals surface area (Å²) in [6.45, 7) is 0. The van der Waals surface area contributed by atoms with Crippen molar-refractivity contribution in [2.45, 2.75) is 4.90 Å². The molecule has 3 rings (SSSR count). The van der Waals surface area contributed by atoms with Gasteiger partial charge in [0.25, 0.3) is 15.9 Å². The smallest absolute Gasteiger partial charge is 0.261 e. The quantitative estimate of drug-likeness (QED) is 0.515. The summed E-state index contributed by atoms with van der Waals surface area (Å²) in [5, 5.41) is 12.4. The molecule has 0 saturated heterocycles. The minimum absolute atomic E-state index is 0.206. The number of carbonyl (C=O) groups excluding carboxylic acids is 1. The van der Waals surface area contributed by atoms with Crippen LogP contribution in [-0.4, -0.2) is 19.4 Å². The molecule has 10 heteroatoms. The number of anilines is 2. The molecule has 0 aliphatic rings. The normalized spacial score (nSPS) is 11.1. The van der Waals surface area contributed by atoms with Gasteiger partial charge in [-0.05, 0) is 54.6 Å². The summed E-state index contributed by atoms with van der Waals surface area (Å²) in [7, 11) is -4.09. The SMILES string of the molecule is O=C(Nc1cc(S(=O)(=O)Nc2cccc(Cl)c2)ccc1O)c1cc(F)ccc1F. The Kier molecular flexibility index (Phi) is 5.71. The lowest BCUT2D eigenvalue weighted by atomic mass is 10.2. The Morgan fingerprint density at radius 1 is 1.00 bits per heavy atom. The van der Waals surface area contributed by atoms with Crippen molar-refractivity contribution in [1.82, 2.24) is 0 Å². The maximum absolute atomic E-state index is 13.8. The van der Waals surface area contributed by atoms with Crippen molar-refractivity contribution in [2.24, 2.45) is 0 Å². The van der Waals surface area contributed by atoms with Crippen molar-refractivity contribution >= 4 is 38.9 Å². The standard InChI is InChI=1S/C19H13ClF2N2O4S/c20-11-2-1-3-13(8-11)24-29(27,28)14-5-7-18(25)17(10-14)23-19(26)15-9-12(21)4-6-16(15)22/h1-10,24-25H,(H,23,26). The summed E-state index contributed by atoms with van der Waals surface area (Å²) in [5.74, 6) is -3.33. The van der Waals surface area contributed by atoms with Gasteiger partial charge in [-0.3, -0.25) is 9.52 Å². The number of phenols is 1. The average molecular weight is 439 g/mol. The number of sulfonamides is 1. The van der Waals surface area contributed by atoms with Gasteiger partial charge in [-0.2, -0.15) is 0 Å². The second-order valence-electron chi connectivity index (χ2n) is 5.87. The first-order valence-electron chi connectivity index (χ1n) is 8.03. The van der Waals surface area contributed by atoms with Gasteiger partial charge < -0.3 is 10.4 Å². The number of hydrogen-bond donors (Lipinski definition) is 3. The van der Waals surface area contributed by atoms with Gasteiger partial charge in [0, 0.05) is 5.02 Å². The van der Waals surface area contributed by atoms with Crippen LogP contribution in [0.2, 0.25) is 5.02 Å². The molecule has 0 aromatic heterocycles. The third kappa shape index (κ3) is 4.82. The van der Waals surface area contributed by atoms with Crippen LogP contribution < -0.4 is 10.0 Å². The van der Waals surface area contributed by atoms with Crippen molar-refractivity contribution in [3.8, 4) is 5.75 Å². The number of benzene rings is 3. The molecule has 0 fully saturated rings. The van der Waals surface area contributed by atoms with Crippen molar-refractivity contribution < 1.29 is 27.1 Å². The monoisotopic (exact) mass is 438 g/mol. The second kappa shape index (κ2) is 8.06. The average Bonchev–Trinajstić information content (AvgIpc) is 2.65. The van der Waals surface area contributed by atoms with E-state index in [-0.39, 0.29) is 16.3 Å². The Balaban J connectivity index is 1.89. The number of carbonyl (C=O) groups is 1. The van der Waals surface area contributed by atoms with Crippen molar-refractivity contribution in [1.29, 1.82) is 0 Å². The molecule has 0 aliphatic heterocycles. The van der Waals surface area contributed by atoms with Gasteiger partial charge in [0.2, 0.25) is 0 Å². The van der Waals surface area contributed by atoms with E-state index in [2.05, 4.69) is 10.0 Å². The van der Waals surface area contributed by atoms with Gasteiger partial charge in [-0.15, -0.1) is 0 Å². The maximum Gasteiger partial charge on any atom is 0.261 e. The zero-order valence-electron chi connectivity index (χ0n) is 14.5. The molecule has 0 bridgehead atoms. The lowest BCUT2D eigenvalue weighted by molar-refractivity contribution is 0.102. The zero-order valence-corrected chi connectivity index (χ0v) is 16.1. The number of halogens is 3. The highest BCUT2D eigenvalue weighted by Crippen LogP contribution is 2.28. The Bertz CT molecular complexity index is 1200. The molecule has 0 radical (unpaired) electrons. The molecule has 150 valence electrons. The summed E-state index contributed by atoms with van der Waals surface area (Å²) >= 11 is 5.83. The predicted molar refractivity (Wildman–Crippen MR) is 105 cm³/mol. The van der Waals surface area contributed by atoms with Crippen molar-refractivity contribution in [3.05, 3.63) is 82.9 Å². The molecule has 0 saturated carbocycles. The lowest BCUT2D eigenvalue weighted by Crippen LogP contribution is -2.16. The largest absolute Gasteiger partial charge is 0.506 e. The van der Waals surface area contributed by atoms with Crippen LogP contribution in [0.5, 0.6) is 5.75 Å². The molecular weight excluding hydrogens is 426 g/mol. The van der Waals surface area contributed by atoms with Gasteiger partial charge >= 0.3 is 0 Å². The number of aromatic hydroxyl groups is 1. The molecule has 0 unspecified atom stereocenters. The summed E-state index contributed by atoms with van der Waals surface area (Å²) in [6.07, 6.45) is 0. The number of amides is 1. The first kappa shape index (κ1) is 20.6. The van der Waals surface area contributed by atoms with Gasteiger partial charge in [0.15, 0.2) is 0 Å². The fourth-order valence-electron chi connectivity index (χ4n) is 2.41. The van der Waals surface area contributed by atoms with Crippen LogP contribution in [-0.2, 0) is 10.0 Å². The van der Waals surface area contributed by atoms with Crippen LogP contribution in [0, 0.1) is 11.6 Å². The summed E-state index contributed by atoms with van der Waals surface area (Å²) in [5.41, 5.74) is -0.694. The van der Waals surface area contributed by atoms with Gasteiger partial charge in [-0.25, -0.2) is 17.2 Å². The van der Waals surface area contributed by atoms with Crippen molar-refractivity contribution in [3.63, 3.8) is 0 Å². The first-order chi connectivity index (χ1) is 13.7. The second-order valence-corrected chi connectivity index (χ2v) is 7.99. The Hall–Kier alpha value is -3.17. The van der Waals surface area contributed by atoms with E-state index in [1.165, 1.54) is 12.1 Å². The van der Waals surface area contributed by atoms with Crippen LogP contribution in [0.1, 0.15) is 10.4 Å². The van der Waals surface area contributed by atoms with Crippen LogP contribution in [0.3, 0.4) is 0 Å². The van der Waals surface area contributed by atoms with Crippen LogP contribution in [0.15, 0.2) is 65.6 Å². The Labute approximate surface area is 169 Å². The molecule has 0 heterocycles. The third-order valence-corrected chi connectivity index (χ3v) is 5.39. The van der Waals surface area contributed by atoms with Crippen LogP contribution in [0.4, 0.5) is 20.2 Å². The molecular formula is C19H13ClF2N2O4S. The van der Waals surface area contributed by atoms with Gasteiger partial charge in [0.05, 0.1) is 21.8 Å². The maximum atomic E-state index is 13.8. The summed E-state index contributed by atoms with van der Waals surface area (Å²) in [4.78, 5) is 11.9. The minimum atomic E-state index is -4.09. The van der Waals surface area contributed by atoms with Crippen LogP contribution in [0.25, 0.3) is 0 Å². The van der Waals surface area contributed by atoms with E-state index in [1.807, 2.05) is 0 Å². The fraction of sp³-hybridized carbons (Fsp3) is 0. The van der Waals surface area contributed by atoms with E-state index in [4.69, 9.17) is 11.6 Å². The van der Waals surface area contributed by atoms with E-state index >= 15 is 0 Å². The zero-order chi connectivity index (χ0) is 21.2. The molecule has 0 aliphatic carbocycles. The van der Waals surface area contributed by atoms with E-state index in [0.29, 0.717) is 11.1 Å². The number of phenolic OH excluding ortho intramolecular Hbond substituents is 1. The van der Waals surface area contributed by atoms with E-state index in [9.17, 15) is 27.1 Å². The summed E-state index contributed by atoms with van der Waals surface area (Å²) < 4.78 is 54.5. The van der Waals surface area contributed by atoms with Crippen LogP contribution >= 0.6 is 11.6 Å². The number of nitrogens with one attached hydrogen (secondary N) is 2. The number of hydrogen-bond acceptors (Lipinski definition) is 4. The summed E-state index contributed by atoms with van der Waals surface area (Å²) in [6, 6.07) is 11.5. The Morgan fingerprint density at radius 3 is 2.48 bits per heavy atom. The molecule has 3 aromatic carbocycles. The molecule has 1 amide bonds. The molecule has 0 atom stereocenters. The molecule has 0 spiro atoms. The first-order valence-corrected chi connectivity index (χ1v) is 9.89. The van der Waals surface area contributed by atoms with Crippen molar-refractivity contribution in [2.75, 3.05) is 10.0 Å². The lowest BCUT2D eigenvalue weighted by Gasteiger charge is -2.12. The highest BCUT2D eigenvalue weighted by Gasteiger charge is 2.19. The van der Waals surface area contributed by atoms with Gasteiger partial charge in [-0.1, -0.05) is 17.7 Å². The highest BCUT2D eigenvalue weighted by molar-refractivity contribution is 7.92.